The fraction of sp³-hybridized carbons (Fsp3) is 0.208. The van der Waals surface area contributed by atoms with Gasteiger partial charge in [0.15, 0.2) is 11.5 Å². The van der Waals surface area contributed by atoms with Gasteiger partial charge in [-0.1, -0.05) is 46.3 Å². The number of ether oxygens (including phenoxy) is 3. The van der Waals surface area contributed by atoms with Crippen molar-refractivity contribution in [2.45, 2.75) is 18.7 Å². The number of hydrogen-bond acceptors (Lipinski definition) is 5. The van der Waals surface area contributed by atoms with Crippen LogP contribution in [0.15, 0.2) is 76.3 Å². The normalized spacial score (nSPS) is 19.4. The third-order valence-corrected chi connectivity index (χ3v) is 6.04. The molecule has 0 saturated carbocycles. The van der Waals surface area contributed by atoms with Gasteiger partial charge >= 0.3 is 0 Å². The molecule has 2 aliphatic rings. The summed E-state index contributed by atoms with van der Waals surface area (Å²) in [6, 6.07) is 22.5. The van der Waals surface area contributed by atoms with Crippen LogP contribution in [0.1, 0.15) is 35.4 Å². The molecule has 2 atom stereocenters. The monoisotopic (exact) mass is 464 g/mol. The Hall–Kier alpha value is -2.99. The molecule has 2 heterocycles. The third-order valence-electron chi connectivity index (χ3n) is 5.55. The lowest BCUT2D eigenvalue weighted by Crippen LogP contribution is -2.33. The maximum absolute atomic E-state index is 6.41. The van der Waals surface area contributed by atoms with Gasteiger partial charge in [0.05, 0.1) is 26.0 Å². The SMILES string of the molecule is COc1ccc(C2=NN3C(C2)c2ccccc2OC3c2cccc(Br)c2)cc1OC. The molecule has 3 aromatic carbocycles. The number of rotatable bonds is 4. The summed E-state index contributed by atoms with van der Waals surface area (Å²) in [7, 11) is 3.29. The van der Waals surface area contributed by atoms with Crippen LogP contribution < -0.4 is 14.2 Å². The number of para-hydroxylation sites is 1. The molecule has 2 aliphatic heterocycles. The number of hydrogen-bond donors (Lipinski definition) is 0. The summed E-state index contributed by atoms with van der Waals surface area (Å²) in [5.74, 6) is 2.31. The van der Waals surface area contributed by atoms with Crippen LogP contribution in [0.5, 0.6) is 17.2 Å². The van der Waals surface area contributed by atoms with Crippen LogP contribution in [0.25, 0.3) is 0 Å². The number of fused-ring (bicyclic) bond motifs is 3. The number of nitrogens with zero attached hydrogens (tertiary/aromatic N) is 2. The second kappa shape index (κ2) is 7.69. The van der Waals surface area contributed by atoms with Gasteiger partial charge in [-0.15, -0.1) is 0 Å². The van der Waals surface area contributed by atoms with Crippen molar-refractivity contribution in [2.75, 3.05) is 14.2 Å². The quantitative estimate of drug-likeness (QED) is 0.495. The Morgan fingerprint density at radius 2 is 1.80 bits per heavy atom. The van der Waals surface area contributed by atoms with Gasteiger partial charge in [-0.05, 0) is 36.4 Å². The standard InChI is InChI=1S/C24H21BrN2O3/c1-28-22-11-10-15(13-23(22)29-2)19-14-20-18-8-3-4-9-21(18)30-24(27(20)26-19)16-6-5-7-17(25)12-16/h3-13,20,24H,14H2,1-2H3. The first-order chi connectivity index (χ1) is 14.7. The molecule has 5 nitrogen and oxygen atoms in total. The van der Waals surface area contributed by atoms with Gasteiger partial charge in [0.1, 0.15) is 5.75 Å². The summed E-state index contributed by atoms with van der Waals surface area (Å²) in [6.45, 7) is 0. The third kappa shape index (κ3) is 3.21. The van der Waals surface area contributed by atoms with Crippen LogP contribution in [-0.2, 0) is 0 Å². The Bertz CT molecular complexity index is 1130. The largest absolute Gasteiger partial charge is 0.493 e. The molecule has 0 aliphatic carbocycles. The van der Waals surface area contributed by atoms with Crippen molar-refractivity contribution in [2.24, 2.45) is 5.10 Å². The minimum atomic E-state index is -0.292. The van der Waals surface area contributed by atoms with E-state index in [1.54, 1.807) is 14.2 Å². The fourth-order valence-electron chi connectivity index (χ4n) is 4.10. The first-order valence-electron chi connectivity index (χ1n) is 9.77. The van der Waals surface area contributed by atoms with Crippen molar-refractivity contribution in [3.8, 4) is 17.2 Å². The number of hydrazone groups is 1. The highest BCUT2D eigenvalue weighted by molar-refractivity contribution is 9.10. The number of methoxy groups -OCH3 is 2. The van der Waals surface area contributed by atoms with E-state index in [0.717, 1.165) is 39.0 Å². The van der Waals surface area contributed by atoms with Gasteiger partial charge in [0.2, 0.25) is 6.23 Å². The van der Waals surface area contributed by atoms with Crippen LogP contribution >= 0.6 is 15.9 Å². The Morgan fingerprint density at radius 1 is 0.967 bits per heavy atom. The predicted octanol–water partition coefficient (Wildman–Crippen LogP) is 5.71. The molecule has 0 amide bonds. The zero-order chi connectivity index (χ0) is 20.7. The van der Waals surface area contributed by atoms with Crippen molar-refractivity contribution in [1.29, 1.82) is 0 Å². The van der Waals surface area contributed by atoms with Gasteiger partial charge < -0.3 is 14.2 Å². The number of benzene rings is 3. The van der Waals surface area contributed by atoms with E-state index < -0.39 is 0 Å². The van der Waals surface area contributed by atoms with E-state index in [9.17, 15) is 0 Å². The predicted molar refractivity (Wildman–Crippen MR) is 119 cm³/mol. The van der Waals surface area contributed by atoms with Gasteiger partial charge in [0.25, 0.3) is 0 Å². The Balaban J connectivity index is 1.58. The summed E-state index contributed by atoms with van der Waals surface area (Å²) < 4.78 is 18.3. The average Bonchev–Trinajstić information content (AvgIpc) is 3.24. The topological polar surface area (TPSA) is 43.3 Å². The molecular formula is C24H21BrN2O3. The van der Waals surface area contributed by atoms with Crippen LogP contribution in [0.3, 0.4) is 0 Å². The lowest BCUT2D eigenvalue weighted by Gasteiger charge is -2.38. The van der Waals surface area contributed by atoms with E-state index in [1.165, 1.54) is 0 Å². The molecule has 3 aromatic rings. The van der Waals surface area contributed by atoms with Gasteiger partial charge in [-0.25, -0.2) is 5.01 Å². The molecule has 0 fully saturated rings. The molecule has 0 radical (unpaired) electrons. The van der Waals surface area contributed by atoms with Crippen LogP contribution in [0.2, 0.25) is 0 Å². The van der Waals surface area contributed by atoms with Gasteiger partial charge in [-0.2, -0.15) is 5.10 Å². The minimum absolute atomic E-state index is 0.113. The molecule has 30 heavy (non-hydrogen) atoms. The van der Waals surface area contributed by atoms with E-state index in [2.05, 4.69) is 39.1 Å². The summed E-state index contributed by atoms with van der Waals surface area (Å²) in [5.41, 5.74) is 4.23. The van der Waals surface area contributed by atoms with Gasteiger partial charge in [-0.3, -0.25) is 0 Å². The van der Waals surface area contributed by atoms with Crippen molar-refractivity contribution >= 4 is 21.6 Å². The molecule has 0 saturated heterocycles. The fourth-order valence-corrected chi connectivity index (χ4v) is 4.52. The Kier molecular flexibility index (Phi) is 4.87. The number of halogens is 1. The molecule has 0 spiro atoms. The van der Waals surface area contributed by atoms with Crippen LogP contribution in [-0.4, -0.2) is 24.9 Å². The molecule has 0 bridgehead atoms. The highest BCUT2D eigenvalue weighted by Gasteiger charge is 2.40. The summed E-state index contributed by atoms with van der Waals surface area (Å²) in [4.78, 5) is 0. The molecule has 6 heteroatoms. The molecule has 2 unspecified atom stereocenters. The first-order valence-corrected chi connectivity index (χ1v) is 10.6. The smallest absolute Gasteiger partial charge is 0.213 e. The van der Waals surface area contributed by atoms with E-state index in [0.29, 0.717) is 11.5 Å². The highest BCUT2D eigenvalue weighted by atomic mass is 79.9. The average molecular weight is 465 g/mol. The van der Waals surface area contributed by atoms with E-state index in [1.807, 2.05) is 48.5 Å². The minimum Gasteiger partial charge on any atom is -0.493 e. The highest BCUT2D eigenvalue weighted by Crippen LogP contribution is 2.47. The second-order valence-electron chi connectivity index (χ2n) is 7.28. The summed E-state index contributed by atoms with van der Waals surface area (Å²) in [6.07, 6.45) is 0.500. The maximum atomic E-state index is 6.41. The second-order valence-corrected chi connectivity index (χ2v) is 8.20. The maximum Gasteiger partial charge on any atom is 0.213 e. The molecular weight excluding hydrogens is 444 g/mol. The van der Waals surface area contributed by atoms with Crippen LogP contribution in [0.4, 0.5) is 0 Å². The van der Waals surface area contributed by atoms with Crippen molar-refractivity contribution in [3.05, 3.63) is 87.9 Å². The molecule has 152 valence electrons. The summed E-state index contributed by atoms with van der Waals surface area (Å²) >= 11 is 3.58. The molecule has 5 rings (SSSR count). The van der Waals surface area contributed by atoms with Crippen molar-refractivity contribution in [3.63, 3.8) is 0 Å². The summed E-state index contributed by atoms with van der Waals surface area (Å²) in [5, 5.41) is 7.09. The zero-order valence-electron chi connectivity index (χ0n) is 16.7. The van der Waals surface area contributed by atoms with Gasteiger partial charge in [0, 0.05) is 27.6 Å². The lowest BCUT2D eigenvalue weighted by atomic mass is 9.96. The lowest BCUT2D eigenvalue weighted by molar-refractivity contribution is -0.0190. The van der Waals surface area contributed by atoms with Crippen molar-refractivity contribution < 1.29 is 14.2 Å². The van der Waals surface area contributed by atoms with E-state index in [4.69, 9.17) is 19.3 Å². The van der Waals surface area contributed by atoms with E-state index in [-0.39, 0.29) is 12.3 Å². The van der Waals surface area contributed by atoms with E-state index >= 15 is 0 Å². The molecule has 0 aromatic heterocycles. The zero-order valence-corrected chi connectivity index (χ0v) is 18.3. The van der Waals surface area contributed by atoms with Crippen molar-refractivity contribution in [1.82, 2.24) is 5.01 Å². The first kappa shape index (κ1) is 19.0. The Labute approximate surface area is 184 Å². The van der Waals surface area contributed by atoms with Crippen LogP contribution in [0, 0.1) is 0 Å². The Morgan fingerprint density at radius 3 is 2.60 bits per heavy atom. The molecule has 0 N–H and O–H groups in total.